The summed E-state index contributed by atoms with van der Waals surface area (Å²) in [5, 5.41) is 2.86. The van der Waals surface area contributed by atoms with Crippen molar-refractivity contribution in [3.05, 3.63) is 82.9 Å². The predicted molar refractivity (Wildman–Crippen MR) is 124 cm³/mol. The SMILES string of the molecule is CSc1ccccc1NC(=O)c1ccc(C)c(S(=O)(=O)Nc2ccc(C)c(C)c2)c1. The molecule has 0 aliphatic heterocycles. The lowest BCUT2D eigenvalue weighted by atomic mass is 10.1. The molecule has 1 amide bonds. The van der Waals surface area contributed by atoms with Crippen LogP contribution in [0.2, 0.25) is 0 Å². The number of amides is 1. The minimum atomic E-state index is -3.85. The largest absolute Gasteiger partial charge is 0.321 e. The molecule has 0 aliphatic carbocycles. The highest BCUT2D eigenvalue weighted by molar-refractivity contribution is 7.98. The summed E-state index contributed by atoms with van der Waals surface area (Å²) in [6.45, 7) is 5.60. The van der Waals surface area contributed by atoms with Gasteiger partial charge in [-0.25, -0.2) is 8.42 Å². The van der Waals surface area contributed by atoms with Crippen molar-refractivity contribution in [2.45, 2.75) is 30.6 Å². The number of aryl methyl sites for hydroxylation is 3. The number of nitrogens with one attached hydrogen (secondary N) is 2. The van der Waals surface area contributed by atoms with E-state index in [9.17, 15) is 13.2 Å². The number of benzene rings is 3. The van der Waals surface area contributed by atoms with Gasteiger partial charge in [-0.15, -0.1) is 11.8 Å². The van der Waals surface area contributed by atoms with E-state index in [0.29, 0.717) is 16.9 Å². The van der Waals surface area contributed by atoms with Crippen molar-refractivity contribution >= 4 is 39.1 Å². The molecule has 5 nitrogen and oxygen atoms in total. The van der Waals surface area contributed by atoms with Gasteiger partial charge in [0, 0.05) is 16.1 Å². The van der Waals surface area contributed by atoms with E-state index in [0.717, 1.165) is 16.0 Å². The van der Waals surface area contributed by atoms with E-state index in [2.05, 4.69) is 10.0 Å². The fourth-order valence-corrected chi connectivity index (χ4v) is 4.86. The van der Waals surface area contributed by atoms with E-state index in [-0.39, 0.29) is 16.4 Å². The van der Waals surface area contributed by atoms with Gasteiger partial charge in [0.25, 0.3) is 15.9 Å². The highest BCUT2D eigenvalue weighted by Crippen LogP contribution is 2.26. The Labute approximate surface area is 182 Å². The number of hydrogen-bond donors (Lipinski definition) is 2. The predicted octanol–water partition coefficient (Wildman–Crippen LogP) is 5.39. The second-order valence-corrected chi connectivity index (χ2v) is 9.54. The van der Waals surface area contributed by atoms with Crippen molar-refractivity contribution in [1.82, 2.24) is 0 Å². The standard InChI is InChI=1S/C23H24N2O3S2/c1-15-10-12-19(13-17(15)3)25-30(27,28)22-14-18(11-9-16(22)2)23(26)24-20-7-5-6-8-21(20)29-4/h5-14,25H,1-4H3,(H,24,26). The van der Waals surface area contributed by atoms with E-state index in [1.54, 1.807) is 31.2 Å². The zero-order valence-corrected chi connectivity index (χ0v) is 18.9. The second-order valence-electron chi connectivity index (χ2n) is 7.04. The molecule has 0 unspecified atom stereocenters. The zero-order chi connectivity index (χ0) is 21.9. The van der Waals surface area contributed by atoms with Crippen LogP contribution in [0, 0.1) is 20.8 Å². The van der Waals surface area contributed by atoms with Crippen LogP contribution in [0.1, 0.15) is 27.0 Å². The maximum atomic E-state index is 13.0. The summed E-state index contributed by atoms with van der Waals surface area (Å²) in [5.41, 5.74) is 4.09. The summed E-state index contributed by atoms with van der Waals surface area (Å²) < 4.78 is 28.6. The Hall–Kier alpha value is -2.77. The van der Waals surface area contributed by atoms with Gasteiger partial charge in [-0.05, 0) is 80.1 Å². The van der Waals surface area contributed by atoms with Crippen molar-refractivity contribution in [2.75, 3.05) is 16.3 Å². The molecule has 0 aromatic heterocycles. The average Bonchev–Trinajstić information content (AvgIpc) is 2.71. The maximum Gasteiger partial charge on any atom is 0.262 e. The molecule has 2 N–H and O–H groups in total. The van der Waals surface area contributed by atoms with Crippen LogP contribution in [0.15, 0.2) is 70.5 Å². The van der Waals surface area contributed by atoms with Crippen molar-refractivity contribution in [3.8, 4) is 0 Å². The van der Waals surface area contributed by atoms with Gasteiger partial charge in [0.05, 0.1) is 10.6 Å². The summed E-state index contributed by atoms with van der Waals surface area (Å²) >= 11 is 1.53. The fourth-order valence-electron chi connectivity index (χ4n) is 2.99. The molecule has 0 aliphatic rings. The maximum absolute atomic E-state index is 13.0. The lowest BCUT2D eigenvalue weighted by Crippen LogP contribution is -2.17. The lowest BCUT2D eigenvalue weighted by molar-refractivity contribution is 0.102. The number of anilines is 2. The van der Waals surface area contributed by atoms with Gasteiger partial charge in [0.1, 0.15) is 0 Å². The van der Waals surface area contributed by atoms with Crippen LogP contribution >= 0.6 is 11.8 Å². The van der Waals surface area contributed by atoms with Crippen molar-refractivity contribution in [1.29, 1.82) is 0 Å². The number of rotatable bonds is 6. The normalized spacial score (nSPS) is 11.2. The minimum absolute atomic E-state index is 0.0755. The molecule has 0 fully saturated rings. The van der Waals surface area contributed by atoms with Crippen LogP contribution in [0.4, 0.5) is 11.4 Å². The van der Waals surface area contributed by atoms with Crippen LogP contribution in [0.5, 0.6) is 0 Å². The lowest BCUT2D eigenvalue weighted by Gasteiger charge is -2.14. The van der Waals surface area contributed by atoms with E-state index in [1.807, 2.05) is 50.4 Å². The Balaban J connectivity index is 1.90. The molecule has 3 aromatic carbocycles. The summed E-state index contributed by atoms with van der Waals surface area (Å²) in [6, 6.07) is 17.5. The Morgan fingerprint density at radius 2 is 1.57 bits per heavy atom. The highest BCUT2D eigenvalue weighted by atomic mass is 32.2. The van der Waals surface area contributed by atoms with Crippen LogP contribution in [-0.2, 0) is 10.0 Å². The van der Waals surface area contributed by atoms with Crippen LogP contribution < -0.4 is 10.0 Å². The van der Waals surface area contributed by atoms with Crippen molar-refractivity contribution < 1.29 is 13.2 Å². The van der Waals surface area contributed by atoms with Crippen molar-refractivity contribution in [2.24, 2.45) is 0 Å². The summed E-state index contributed by atoms with van der Waals surface area (Å²) in [5.74, 6) is -0.362. The third-order valence-corrected chi connectivity index (χ3v) is 7.17. The van der Waals surface area contributed by atoms with E-state index in [4.69, 9.17) is 0 Å². The van der Waals surface area contributed by atoms with Crippen LogP contribution in [-0.4, -0.2) is 20.6 Å². The molecule has 30 heavy (non-hydrogen) atoms. The Bertz CT molecular complexity index is 1200. The van der Waals surface area contributed by atoms with Gasteiger partial charge < -0.3 is 5.32 Å². The zero-order valence-electron chi connectivity index (χ0n) is 17.3. The summed E-state index contributed by atoms with van der Waals surface area (Å²) in [7, 11) is -3.85. The first-order chi connectivity index (χ1) is 14.2. The summed E-state index contributed by atoms with van der Waals surface area (Å²) in [4.78, 5) is 13.8. The highest BCUT2D eigenvalue weighted by Gasteiger charge is 2.20. The third kappa shape index (κ3) is 4.86. The topological polar surface area (TPSA) is 75.3 Å². The van der Waals surface area contributed by atoms with Crippen LogP contribution in [0.3, 0.4) is 0 Å². The van der Waals surface area contributed by atoms with E-state index >= 15 is 0 Å². The van der Waals surface area contributed by atoms with Gasteiger partial charge in [-0.1, -0.05) is 24.3 Å². The number of para-hydroxylation sites is 1. The van der Waals surface area contributed by atoms with Crippen molar-refractivity contribution in [3.63, 3.8) is 0 Å². The fraction of sp³-hybridized carbons (Fsp3) is 0.174. The Morgan fingerprint density at radius 1 is 0.867 bits per heavy atom. The first kappa shape index (κ1) is 21.9. The van der Waals surface area contributed by atoms with Crippen LogP contribution in [0.25, 0.3) is 0 Å². The van der Waals surface area contributed by atoms with Gasteiger partial charge in [-0.3, -0.25) is 9.52 Å². The number of hydrogen-bond acceptors (Lipinski definition) is 4. The van der Waals surface area contributed by atoms with E-state index in [1.165, 1.54) is 17.8 Å². The number of thioether (sulfide) groups is 1. The molecule has 7 heteroatoms. The molecule has 0 bridgehead atoms. The molecule has 0 spiro atoms. The summed E-state index contributed by atoms with van der Waals surface area (Å²) in [6.07, 6.45) is 1.93. The average molecular weight is 441 g/mol. The molecule has 0 radical (unpaired) electrons. The molecule has 0 atom stereocenters. The molecule has 156 valence electrons. The molecule has 0 saturated heterocycles. The molecule has 0 saturated carbocycles. The Kier molecular flexibility index (Phi) is 6.53. The Morgan fingerprint density at radius 3 is 2.27 bits per heavy atom. The quantitative estimate of drug-likeness (QED) is 0.504. The van der Waals surface area contributed by atoms with Gasteiger partial charge in [0.2, 0.25) is 0 Å². The molecule has 3 aromatic rings. The number of carbonyl (C=O) groups excluding carboxylic acids is 1. The number of carbonyl (C=O) groups is 1. The second kappa shape index (κ2) is 8.93. The van der Waals surface area contributed by atoms with E-state index < -0.39 is 10.0 Å². The monoisotopic (exact) mass is 440 g/mol. The molecule has 0 heterocycles. The minimum Gasteiger partial charge on any atom is -0.321 e. The molecular weight excluding hydrogens is 416 g/mol. The molecular formula is C23H24N2O3S2. The first-order valence-corrected chi connectivity index (χ1v) is 12.1. The van der Waals surface area contributed by atoms with Gasteiger partial charge in [0.15, 0.2) is 0 Å². The number of sulfonamides is 1. The first-order valence-electron chi connectivity index (χ1n) is 9.36. The van der Waals surface area contributed by atoms with Gasteiger partial charge in [-0.2, -0.15) is 0 Å². The molecule has 3 rings (SSSR count). The van der Waals surface area contributed by atoms with Gasteiger partial charge >= 0.3 is 0 Å². The third-order valence-electron chi connectivity index (χ3n) is 4.85. The smallest absolute Gasteiger partial charge is 0.262 e.